The molecule has 1 saturated carbocycles. The highest BCUT2D eigenvalue weighted by atomic mass is 16.5. The topological polar surface area (TPSA) is 105 Å². The summed E-state index contributed by atoms with van der Waals surface area (Å²) in [5.41, 5.74) is 8.27. The van der Waals surface area contributed by atoms with E-state index in [-0.39, 0.29) is 23.8 Å². The maximum Gasteiger partial charge on any atom is 0.309 e. The number of esters is 1. The van der Waals surface area contributed by atoms with Gasteiger partial charge in [-0.2, -0.15) is 0 Å². The number of fused-ring (bicyclic) bond motifs is 1. The zero-order valence-electron chi connectivity index (χ0n) is 15.7. The molecule has 0 unspecified atom stereocenters. The molecule has 2 aromatic heterocycles. The smallest absolute Gasteiger partial charge is 0.309 e. The Morgan fingerprint density at radius 2 is 2.04 bits per heavy atom. The summed E-state index contributed by atoms with van der Waals surface area (Å²) in [5.74, 6) is 0.00332. The Bertz CT molecular complexity index is 959. The van der Waals surface area contributed by atoms with Crippen LogP contribution in [0, 0.1) is 11.8 Å². The van der Waals surface area contributed by atoms with E-state index in [1.807, 2.05) is 34.9 Å². The summed E-state index contributed by atoms with van der Waals surface area (Å²) in [4.78, 5) is 25.0. The molecule has 0 aliphatic heterocycles. The average Bonchev–Trinajstić information content (AvgIpc) is 3.33. The molecule has 1 fully saturated rings. The van der Waals surface area contributed by atoms with Crippen LogP contribution in [0.25, 0.3) is 11.2 Å². The highest BCUT2D eigenvalue weighted by molar-refractivity contribution is 5.81. The number of nitrogen functional groups attached to an aromatic ring is 1. The fourth-order valence-corrected chi connectivity index (χ4v) is 3.99. The molecule has 2 heterocycles. The number of anilines is 1. The predicted molar refractivity (Wildman–Crippen MR) is 103 cm³/mol. The number of imidazole rings is 1. The van der Waals surface area contributed by atoms with E-state index in [9.17, 15) is 4.79 Å². The van der Waals surface area contributed by atoms with Crippen LogP contribution in [-0.4, -0.2) is 39.2 Å². The minimum atomic E-state index is -0.220. The number of rotatable bonds is 6. The standard InChI is InChI=1S/C20H23N5O3/c1-27-20(26)16-8-15(25-12-24-17-18(21)22-11-23-19(17)25)7-14(16)10-28-9-13-5-3-2-4-6-13/h2-6,11-12,14-16H,7-10H2,1H3,(H2,21,22,23)/t14-,15-,16+/m1/s1. The molecule has 8 nitrogen and oxygen atoms in total. The van der Waals surface area contributed by atoms with Crippen LogP contribution in [0.15, 0.2) is 43.0 Å². The number of aromatic nitrogens is 4. The second-order valence-corrected chi connectivity index (χ2v) is 7.10. The quantitative estimate of drug-likeness (QED) is 0.654. The number of nitrogens with zero attached hydrogens (tertiary/aromatic N) is 4. The molecule has 0 saturated heterocycles. The van der Waals surface area contributed by atoms with Gasteiger partial charge in [0, 0.05) is 6.04 Å². The number of benzene rings is 1. The van der Waals surface area contributed by atoms with Gasteiger partial charge in [-0.15, -0.1) is 0 Å². The van der Waals surface area contributed by atoms with Gasteiger partial charge in [0.1, 0.15) is 11.8 Å². The molecule has 0 amide bonds. The van der Waals surface area contributed by atoms with E-state index in [1.165, 1.54) is 13.4 Å². The molecule has 8 heteroatoms. The van der Waals surface area contributed by atoms with Gasteiger partial charge in [-0.1, -0.05) is 30.3 Å². The highest BCUT2D eigenvalue weighted by Gasteiger charge is 2.40. The summed E-state index contributed by atoms with van der Waals surface area (Å²) < 4.78 is 12.9. The van der Waals surface area contributed by atoms with Crippen molar-refractivity contribution in [2.24, 2.45) is 11.8 Å². The molecule has 1 aliphatic carbocycles. The number of ether oxygens (including phenoxy) is 2. The van der Waals surface area contributed by atoms with Crippen molar-refractivity contribution in [2.45, 2.75) is 25.5 Å². The van der Waals surface area contributed by atoms with Gasteiger partial charge < -0.3 is 19.8 Å². The zero-order valence-corrected chi connectivity index (χ0v) is 15.7. The van der Waals surface area contributed by atoms with E-state index in [2.05, 4.69) is 15.0 Å². The van der Waals surface area contributed by atoms with Crippen LogP contribution >= 0.6 is 0 Å². The number of carbonyl (C=O) groups excluding carboxylic acids is 1. The number of carbonyl (C=O) groups is 1. The fourth-order valence-electron chi connectivity index (χ4n) is 3.99. The molecule has 1 aliphatic rings. The van der Waals surface area contributed by atoms with Gasteiger partial charge in [-0.3, -0.25) is 4.79 Å². The fraction of sp³-hybridized carbons (Fsp3) is 0.400. The van der Waals surface area contributed by atoms with Crippen molar-refractivity contribution in [3.63, 3.8) is 0 Å². The normalized spacial score (nSPS) is 21.8. The van der Waals surface area contributed by atoms with Crippen LogP contribution in [0.2, 0.25) is 0 Å². The molecule has 2 N–H and O–H groups in total. The number of hydrogen-bond acceptors (Lipinski definition) is 7. The van der Waals surface area contributed by atoms with Crippen LogP contribution in [0.5, 0.6) is 0 Å². The maximum absolute atomic E-state index is 12.3. The van der Waals surface area contributed by atoms with Crippen molar-refractivity contribution in [3.05, 3.63) is 48.5 Å². The van der Waals surface area contributed by atoms with Crippen molar-refractivity contribution in [2.75, 3.05) is 19.5 Å². The van der Waals surface area contributed by atoms with Crippen molar-refractivity contribution < 1.29 is 14.3 Å². The third kappa shape index (κ3) is 3.55. The number of nitrogens with two attached hydrogens (primary N) is 1. The minimum Gasteiger partial charge on any atom is -0.469 e. The van der Waals surface area contributed by atoms with Gasteiger partial charge in [-0.05, 0) is 24.3 Å². The van der Waals surface area contributed by atoms with Crippen LogP contribution in [0.3, 0.4) is 0 Å². The third-order valence-electron chi connectivity index (χ3n) is 5.40. The van der Waals surface area contributed by atoms with Gasteiger partial charge in [-0.25, -0.2) is 15.0 Å². The van der Waals surface area contributed by atoms with Gasteiger partial charge in [0.2, 0.25) is 0 Å². The monoisotopic (exact) mass is 381 g/mol. The Balaban J connectivity index is 1.49. The van der Waals surface area contributed by atoms with Crippen molar-refractivity contribution in [3.8, 4) is 0 Å². The Morgan fingerprint density at radius 3 is 2.82 bits per heavy atom. The molecule has 28 heavy (non-hydrogen) atoms. The van der Waals surface area contributed by atoms with Crippen LogP contribution in [0.4, 0.5) is 5.82 Å². The molecule has 4 rings (SSSR count). The maximum atomic E-state index is 12.3. The van der Waals surface area contributed by atoms with Gasteiger partial charge >= 0.3 is 5.97 Å². The van der Waals surface area contributed by atoms with E-state index < -0.39 is 0 Å². The van der Waals surface area contributed by atoms with Crippen molar-refractivity contribution in [1.29, 1.82) is 0 Å². The number of hydrogen-bond donors (Lipinski definition) is 1. The summed E-state index contributed by atoms with van der Waals surface area (Å²) in [7, 11) is 1.43. The van der Waals surface area contributed by atoms with Crippen LogP contribution in [0.1, 0.15) is 24.4 Å². The van der Waals surface area contributed by atoms with E-state index >= 15 is 0 Å². The predicted octanol–water partition coefficient (Wildman–Crippen LogP) is 2.37. The van der Waals surface area contributed by atoms with Crippen LogP contribution in [-0.2, 0) is 20.9 Å². The molecule has 3 aromatic rings. The average molecular weight is 381 g/mol. The Kier molecular flexibility index (Phi) is 5.21. The molecule has 0 bridgehead atoms. The zero-order chi connectivity index (χ0) is 19.5. The molecule has 3 atom stereocenters. The second-order valence-electron chi connectivity index (χ2n) is 7.10. The van der Waals surface area contributed by atoms with Crippen molar-refractivity contribution in [1.82, 2.24) is 19.5 Å². The highest BCUT2D eigenvalue weighted by Crippen LogP contribution is 2.41. The third-order valence-corrected chi connectivity index (χ3v) is 5.40. The summed E-state index contributed by atoms with van der Waals surface area (Å²) in [6, 6.07) is 10.1. The summed E-state index contributed by atoms with van der Waals surface area (Å²) in [6.45, 7) is 1.02. The lowest BCUT2D eigenvalue weighted by molar-refractivity contribution is -0.147. The molecule has 0 radical (unpaired) electrons. The first-order valence-electron chi connectivity index (χ1n) is 9.30. The number of methoxy groups -OCH3 is 1. The summed E-state index contributed by atoms with van der Waals surface area (Å²) in [6.07, 6.45) is 4.59. The Morgan fingerprint density at radius 1 is 1.21 bits per heavy atom. The molecular formula is C20H23N5O3. The van der Waals surface area contributed by atoms with Gasteiger partial charge in [0.25, 0.3) is 0 Å². The molecule has 146 valence electrons. The SMILES string of the molecule is COC(=O)[C@H]1C[C@H](n2cnc3c(N)ncnc32)C[C@@H]1COCc1ccccc1. The van der Waals surface area contributed by atoms with E-state index in [0.717, 1.165) is 12.0 Å². The lowest BCUT2D eigenvalue weighted by Crippen LogP contribution is -2.23. The lowest BCUT2D eigenvalue weighted by atomic mass is 9.97. The molecular weight excluding hydrogens is 358 g/mol. The van der Waals surface area contributed by atoms with Crippen LogP contribution < -0.4 is 5.73 Å². The van der Waals surface area contributed by atoms with E-state index in [0.29, 0.717) is 36.6 Å². The molecule has 0 spiro atoms. The largest absolute Gasteiger partial charge is 0.469 e. The first-order chi connectivity index (χ1) is 13.7. The van der Waals surface area contributed by atoms with E-state index in [4.69, 9.17) is 15.2 Å². The first-order valence-corrected chi connectivity index (χ1v) is 9.30. The van der Waals surface area contributed by atoms with E-state index in [1.54, 1.807) is 6.33 Å². The Labute approximate surface area is 162 Å². The van der Waals surface area contributed by atoms with Gasteiger partial charge in [0.15, 0.2) is 11.5 Å². The molecule has 1 aromatic carbocycles. The first kappa shape index (κ1) is 18.4. The minimum absolute atomic E-state index is 0.0674. The summed E-state index contributed by atoms with van der Waals surface area (Å²) in [5, 5.41) is 0. The van der Waals surface area contributed by atoms with Crippen molar-refractivity contribution >= 4 is 23.0 Å². The van der Waals surface area contributed by atoms with Gasteiger partial charge in [0.05, 0.1) is 32.6 Å². The Hall–Kier alpha value is -3.00. The second kappa shape index (κ2) is 7.93. The summed E-state index contributed by atoms with van der Waals surface area (Å²) >= 11 is 0. The lowest BCUT2D eigenvalue weighted by Gasteiger charge is -2.17.